The van der Waals surface area contributed by atoms with Crippen LogP contribution < -0.4 is 10.2 Å². The Morgan fingerprint density at radius 3 is 2.76 bits per heavy atom. The van der Waals surface area contributed by atoms with E-state index >= 15 is 0 Å². The summed E-state index contributed by atoms with van der Waals surface area (Å²) in [5, 5.41) is 4.62. The topological polar surface area (TPSA) is 18.5 Å². The summed E-state index contributed by atoms with van der Waals surface area (Å²) >= 11 is 6.09. The first-order valence-electron chi connectivity index (χ1n) is 8.13. The van der Waals surface area contributed by atoms with Gasteiger partial charge >= 0.3 is 0 Å². The molecule has 3 nitrogen and oxygen atoms in total. The summed E-state index contributed by atoms with van der Waals surface area (Å²) in [6, 6.07) is 8.95. The van der Waals surface area contributed by atoms with Gasteiger partial charge in [-0.15, -0.1) is 0 Å². The van der Waals surface area contributed by atoms with Crippen molar-refractivity contribution in [3.05, 3.63) is 29.3 Å². The van der Waals surface area contributed by atoms with E-state index in [0.717, 1.165) is 36.6 Å². The maximum absolute atomic E-state index is 6.09. The number of nitrogens with one attached hydrogen (secondary N) is 1. The van der Waals surface area contributed by atoms with Crippen molar-refractivity contribution >= 4 is 17.3 Å². The first-order chi connectivity index (χ1) is 10.2. The van der Waals surface area contributed by atoms with Crippen LogP contribution in [0.5, 0.6) is 0 Å². The number of anilines is 1. The first-order valence-corrected chi connectivity index (χ1v) is 8.51. The van der Waals surface area contributed by atoms with Crippen LogP contribution in [0.15, 0.2) is 24.3 Å². The number of benzene rings is 1. The van der Waals surface area contributed by atoms with Crippen LogP contribution in [0.25, 0.3) is 0 Å². The highest BCUT2D eigenvalue weighted by Crippen LogP contribution is 2.26. The van der Waals surface area contributed by atoms with E-state index in [4.69, 9.17) is 11.6 Å². The number of likely N-dealkylation sites (tertiary alicyclic amines) is 1. The van der Waals surface area contributed by atoms with Crippen LogP contribution in [0.4, 0.5) is 5.69 Å². The highest BCUT2D eigenvalue weighted by molar-refractivity contribution is 6.30. The molecule has 116 valence electrons. The summed E-state index contributed by atoms with van der Waals surface area (Å²) in [4.78, 5) is 4.89. The SMILES string of the molecule is CN1CCC(NC[C@H]2CCN(c3cccc(Cl)c3)C2)CC1. The van der Waals surface area contributed by atoms with Gasteiger partial charge in [-0.25, -0.2) is 0 Å². The summed E-state index contributed by atoms with van der Waals surface area (Å²) in [5.41, 5.74) is 1.27. The van der Waals surface area contributed by atoms with Gasteiger partial charge in [0.25, 0.3) is 0 Å². The van der Waals surface area contributed by atoms with Crippen LogP contribution in [-0.2, 0) is 0 Å². The van der Waals surface area contributed by atoms with E-state index in [9.17, 15) is 0 Å². The second-order valence-corrected chi connectivity index (χ2v) is 7.00. The number of hydrogen-bond donors (Lipinski definition) is 1. The molecule has 1 atom stereocenters. The minimum Gasteiger partial charge on any atom is -0.371 e. The Morgan fingerprint density at radius 1 is 1.19 bits per heavy atom. The fourth-order valence-corrected chi connectivity index (χ4v) is 3.64. The molecule has 0 unspecified atom stereocenters. The second kappa shape index (κ2) is 6.99. The fourth-order valence-electron chi connectivity index (χ4n) is 3.45. The summed E-state index contributed by atoms with van der Waals surface area (Å²) in [6.07, 6.45) is 3.87. The smallest absolute Gasteiger partial charge is 0.0426 e. The lowest BCUT2D eigenvalue weighted by atomic mass is 10.0. The third-order valence-electron chi connectivity index (χ3n) is 4.87. The number of halogens is 1. The van der Waals surface area contributed by atoms with Gasteiger partial charge in [0.2, 0.25) is 0 Å². The molecule has 0 aromatic heterocycles. The van der Waals surface area contributed by atoms with Crippen molar-refractivity contribution in [3.63, 3.8) is 0 Å². The third kappa shape index (κ3) is 4.12. The molecule has 2 aliphatic heterocycles. The molecule has 0 saturated carbocycles. The van der Waals surface area contributed by atoms with Crippen LogP contribution in [0, 0.1) is 5.92 Å². The zero-order chi connectivity index (χ0) is 14.7. The van der Waals surface area contributed by atoms with Gasteiger partial charge in [0, 0.05) is 29.8 Å². The number of hydrogen-bond acceptors (Lipinski definition) is 3. The van der Waals surface area contributed by atoms with Crippen LogP contribution in [0.2, 0.25) is 5.02 Å². The Kier molecular flexibility index (Phi) is 5.04. The lowest BCUT2D eigenvalue weighted by Crippen LogP contribution is -2.42. The Bertz CT molecular complexity index is 457. The van der Waals surface area contributed by atoms with E-state index in [0.29, 0.717) is 0 Å². The third-order valence-corrected chi connectivity index (χ3v) is 5.11. The number of piperidine rings is 1. The lowest BCUT2D eigenvalue weighted by molar-refractivity contribution is 0.231. The maximum Gasteiger partial charge on any atom is 0.0426 e. The van der Waals surface area contributed by atoms with Crippen molar-refractivity contribution in [2.24, 2.45) is 5.92 Å². The Balaban J connectivity index is 1.44. The van der Waals surface area contributed by atoms with E-state index in [1.807, 2.05) is 12.1 Å². The van der Waals surface area contributed by atoms with Gasteiger partial charge in [-0.1, -0.05) is 17.7 Å². The van der Waals surface area contributed by atoms with Crippen LogP contribution in [0.3, 0.4) is 0 Å². The van der Waals surface area contributed by atoms with Crippen molar-refractivity contribution in [1.29, 1.82) is 0 Å². The van der Waals surface area contributed by atoms with Crippen molar-refractivity contribution in [2.45, 2.75) is 25.3 Å². The normalized spacial score (nSPS) is 24.7. The molecular formula is C17H26ClN3. The van der Waals surface area contributed by atoms with Crippen molar-refractivity contribution in [2.75, 3.05) is 44.7 Å². The average molecular weight is 308 g/mol. The number of rotatable bonds is 4. The number of nitrogens with zero attached hydrogens (tertiary/aromatic N) is 2. The molecule has 4 heteroatoms. The predicted octanol–water partition coefficient (Wildman–Crippen LogP) is 2.85. The zero-order valence-electron chi connectivity index (χ0n) is 12.9. The first kappa shape index (κ1) is 15.1. The second-order valence-electron chi connectivity index (χ2n) is 6.57. The molecule has 0 bridgehead atoms. The molecule has 0 aliphatic carbocycles. The van der Waals surface area contributed by atoms with Gasteiger partial charge in [0.05, 0.1) is 0 Å². The highest BCUT2D eigenvalue weighted by atomic mass is 35.5. The Morgan fingerprint density at radius 2 is 2.00 bits per heavy atom. The summed E-state index contributed by atoms with van der Waals surface area (Å²) < 4.78 is 0. The van der Waals surface area contributed by atoms with Gasteiger partial charge < -0.3 is 15.1 Å². The van der Waals surface area contributed by atoms with Crippen molar-refractivity contribution in [3.8, 4) is 0 Å². The largest absolute Gasteiger partial charge is 0.371 e. The molecule has 2 fully saturated rings. The molecular weight excluding hydrogens is 282 g/mol. The Labute approximate surface area is 133 Å². The van der Waals surface area contributed by atoms with Crippen LogP contribution in [-0.4, -0.2) is 50.7 Å². The molecule has 0 amide bonds. The zero-order valence-corrected chi connectivity index (χ0v) is 13.6. The highest BCUT2D eigenvalue weighted by Gasteiger charge is 2.24. The van der Waals surface area contributed by atoms with Gasteiger partial charge in [-0.05, 0) is 70.1 Å². The Hall–Kier alpha value is -0.770. The molecule has 1 N–H and O–H groups in total. The van der Waals surface area contributed by atoms with E-state index in [1.54, 1.807) is 0 Å². The minimum absolute atomic E-state index is 0.724. The summed E-state index contributed by atoms with van der Waals surface area (Å²) in [5.74, 6) is 0.767. The van der Waals surface area contributed by atoms with E-state index in [-0.39, 0.29) is 0 Å². The van der Waals surface area contributed by atoms with Gasteiger partial charge in [0.15, 0.2) is 0 Å². The van der Waals surface area contributed by atoms with Crippen molar-refractivity contribution < 1.29 is 0 Å². The van der Waals surface area contributed by atoms with Gasteiger partial charge in [-0.2, -0.15) is 0 Å². The summed E-state index contributed by atoms with van der Waals surface area (Å²) in [6.45, 7) is 5.93. The molecule has 0 radical (unpaired) electrons. The maximum atomic E-state index is 6.09. The van der Waals surface area contributed by atoms with Crippen molar-refractivity contribution in [1.82, 2.24) is 10.2 Å². The fraction of sp³-hybridized carbons (Fsp3) is 0.647. The predicted molar refractivity (Wildman–Crippen MR) is 90.3 cm³/mol. The average Bonchev–Trinajstić information content (AvgIpc) is 2.96. The monoisotopic (exact) mass is 307 g/mol. The van der Waals surface area contributed by atoms with E-state index < -0.39 is 0 Å². The lowest BCUT2D eigenvalue weighted by Gasteiger charge is -2.30. The van der Waals surface area contributed by atoms with Gasteiger partial charge in [-0.3, -0.25) is 0 Å². The molecule has 21 heavy (non-hydrogen) atoms. The van der Waals surface area contributed by atoms with E-state index in [1.165, 1.54) is 38.0 Å². The molecule has 2 aliphatic rings. The van der Waals surface area contributed by atoms with Gasteiger partial charge in [0.1, 0.15) is 0 Å². The molecule has 0 spiro atoms. The molecule has 2 heterocycles. The summed E-state index contributed by atoms with van der Waals surface area (Å²) in [7, 11) is 2.22. The minimum atomic E-state index is 0.724. The quantitative estimate of drug-likeness (QED) is 0.923. The standard InChI is InChI=1S/C17H26ClN3/c1-20-8-6-16(7-9-20)19-12-14-5-10-21(13-14)17-4-2-3-15(18)11-17/h2-4,11,14,16,19H,5-10,12-13H2,1H3/t14-/m1/s1. The van der Waals surface area contributed by atoms with E-state index in [2.05, 4.69) is 34.3 Å². The molecule has 2 saturated heterocycles. The molecule has 3 rings (SSSR count). The van der Waals surface area contributed by atoms with Crippen LogP contribution in [0.1, 0.15) is 19.3 Å². The van der Waals surface area contributed by atoms with Crippen LogP contribution >= 0.6 is 11.6 Å². The molecule has 1 aromatic carbocycles. The molecule has 1 aromatic rings.